The van der Waals surface area contributed by atoms with Crippen molar-refractivity contribution in [3.63, 3.8) is 0 Å². The normalized spacial score (nSPS) is 15.6. The van der Waals surface area contributed by atoms with Gasteiger partial charge >= 0.3 is 6.09 Å². The topological polar surface area (TPSA) is 73.9 Å². The van der Waals surface area contributed by atoms with Crippen molar-refractivity contribution in [1.29, 1.82) is 0 Å². The first-order valence-corrected chi connectivity index (χ1v) is 12.2. The zero-order valence-electron chi connectivity index (χ0n) is 20.4. The van der Waals surface area contributed by atoms with Crippen LogP contribution in [0.2, 0.25) is 0 Å². The van der Waals surface area contributed by atoms with Gasteiger partial charge in [-0.1, -0.05) is 74.5 Å². The second-order valence-corrected chi connectivity index (χ2v) is 9.18. The van der Waals surface area contributed by atoms with Gasteiger partial charge in [-0.25, -0.2) is 4.79 Å². The molecule has 2 aromatic rings. The summed E-state index contributed by atoms with van der Waals surface area (Å²) in [5, 5.41) is 5.69. The van der Waals surface area contributed by atoms with Crippen LogP contribution in [0.5, 0.6) is 0 Å². The summed E-state index contributed by atoms with van der Waals surface area (Å²) in [5.74, 6) is -0.207. The van der Waals surface area contributed by atoms with Crippen molar-refractivity contribution in [2.24, 2.45) is 5.92 Å². The van der Waals surface area contributed by atoms with Crippen molar-refractivity contribution < 1.29 is 14.3 Å². The molecule has 0 saturated carbocycles. The zero-order valence-corrected chi connectivity index (χ0v) is 20.4. The SMILES string of the molecule is CC(C)[C@H](NC(=O)OCc1ccccc1)C(=O)NCCCN1CCN(Cc2ccccc2)CC1. The molecule has 0 bridgehead atoms. The third kappa shape index (κ3) is 8.80. The van der Waals surface area contributed by atoms with Gasteiger partial charge in [0.05, 0.1) is 0 Å². The number of ether oxygens (including phenoxy) is 1. The predicted octanol–water partition coefficient (Wildman–Crippen LogP) is 3.26. The Kier molecular flexibility index (Phi) is 10.4. The lowest BCUT2D eigenvalue weighted by atomic mass is 10.0. The Morgan fingerprint density at radius 2 is 1.47 bits per heavy atom. The minimum Gasteiger partial charge on any atom is -0.445 e. The number of nitrogens with zero attached hydrogens (tertiary/aromatic N) is 2. The number of hydrogen-bond donors (Lipinski definition) is 2. The third-order valence-electron chi connectivity index (χ3n) is 6.10. The Balaban J connectivity index is 1.31. The Morgan fingerprint density at radius 3 is 2.09 bits per heavy atom. The summed E-state index contributed by atoms with van der Waals surface area (Å²) < 4.78 is 5.27. The molecule has 184 valence electrons. The molecule has 34 heavy (non-hydrogen) atoms. The molecule has 2 N–H and O–H groups in total. The van der Waals surface area contributed by atoms with Gasteiger partial charge in [-0.15, -0.1) is 0 Å². The second kappa shape index (κ2) is 13.7. The molecule has 1 aliphatic heterocycles. The van der Waals surface area contributed by atoms with E-state index >= 15 is 0 Å². The van der Waals surface area contributed by atoms with Crippen LogP contribution in [0.25, 0.3) is 0 Å². The van der Waals surface area contributed by atoms with Crippen LogP contribution < -0.4 is 10.6 Å². The number of alkyl carbamates (subject to hydrolysis) is 1. The average Bonchev–Trinajstić information content (AvgIpc) is 2.86. The highest BCUT2D eigenvalue weighted by Crippen LogP contribution is 2.09. The van der Waals surface area contributed by atoms with Gasteiger partial charge in [0.15, 0.2) is 0 Å². The summed E-state index contributed by atoms with van der Waals surface area (Å²) in [6.07, 6.45) is 0.305. The van der Waals surface area contributed by atoms with E-state index in [-0.39, 0.29) is 18.4 Å². The lowest BCUT2D eigenvalue weighted by Crippen LogP contribution is -2.50. The first kappa shape index (κ1) is 25.7. The van der Waals surface area contributed by atoms with Crippen LogP contribution in [0.4, 0.5) is 4.79 Å². The van der Waals surface area contributed by atoms with Gasteiger partial charge in [-0.3, -0.25) is 9.69 Å². The lowest BCUT2D eigenvalue weighted by molar-refractivity contribution is -0.124. The molecular weight excluding hydrogens is 428 g/mol. The third-order valence-corrected chi connectivity index (χ3v) is 6.10. The highest BCUT2D eigenvalue weighted by Gasteiger charge is 2.24. The van der Waals surface area contributed by atoms with Crippen molar-refractivity contribution in [3.05, 3.63) is 71.8 Å². The Bertz CT molecular complexity index is 868. The van der Waals surface area contributed by atoms with Gasteiger partial charge in [0.25, 0.3) is 0 Å². The van der Waals surface area contributed by atoms with Crippen molar-refractivity contribution in [3.8, 4) is 0 Å². The van der Waals surface area contributed by atoms with E-state index in [9.17, 15) is 9.59 Å². The number of rotatable bonds is 11. The molecule has 1 aliphatic rings. The van der Waals surface area contributed by atoms with Crippen LogP contribution in [0.3, 0.4) is 0 Å². The molecule has 1 saturated heterocycles. The van der Waals surface area contributed by atoms with Crippen LogP contribution in [0, 0.1) is 5.92 Å². The maximum Gasteiger partial charge on any atom is 0.408 e. The quantitative estimate of drug-likeness (QED) is 0.498. The molecule has 1 fully saturated rings. The number of piperazine rings is 1. The number of benzene rings is 2. The van der Waals surface area contributed by atoms with Crippen LogP contribution >= 0.6 is 0 Å². The molecule has 0 aromatic heterocycles. The second-order valence-electron chi connectivity index (χ2n) is 9.18. The molecule has 7 heteroatoms. The maximum absolute atomic E-state index is 12.7. The van der Waals surface area contributed by atoms with E-state index in [0.29, 0.717) is 6.54 Å². The van der Waals surface area contributed by atoms with E-state index in [0.717, 1.165) is 51.3 Å². The maximum atomic E-state index is 12.7. The van der Waals surface area contributed by atoms with Gasteiger partial charge in [0.1, 0.15) is 12.6 Å². The number of carbonyl (C=O) groups excluding carboxylic acids is 2. The van der Waals surface area contributed by atoms with Gasteiger partial charge in [0.2, 0.25) is 5.91 Å². The molecule has 1 heterocycles. The number of amides is 2. The summed E-state index contributed by atoms with van der Waals surface area (Å²) >= 11 is 0. The smallest absolute Gasteiger partial charge is 0.408 e. The van der Waals surface area contributed by atoms with Crippen molar-refractivity contribution in [1.82, 2.24) is 20.4 Å². The van der Waals surface area contributed by atoms with E-state index in [1.165, 1.54) is 5.56 Å². The molecule has 7 nitrogen and oxygen atoms in total. The van der Waals surface area contributed by atoms with Gasteiger partial charge in [-0.2, -0.15) is 0 Å². The summed E-state index contributed by atoms with van der Waals surface area (Å²) in [7, 11) is 0. The molecule has 0 spiro atoms. The van der Waals surface area contributed by atoms with E-state index in [1.807, 2.05) is 44.2 Å². The van der Waals surface area contributed by atoms with Crippen molar-refractivity contribution in [2.75, 3.05) is 39.3 Å². The van der Waals surface area contributed by atoms with E-state index in [4.69, 9.17) is 4.74 Å². The Labute approximate surface area is 203 Å². The fourth-order valence-electron chi connectivity index (χ4n) is 4.06. The molecule has 2 aromatic carbocycles. The summed E-state index contributed by atoms with van der Waals surface area (Å²) in [4.78, 5) is 29.8. The van der Waals surface area contributed by atoms with E-state index < -0.39 is 12.1 Å². The van der Waals surface area contributed by atoms with Crippen LogP contribution in [0.1, 0.15) is 31.4 Å². The first-order valence-electron chi connectivity index (χ1n) is 12.2. The van der Waals surface area contributed by atoms with Crippen molar-refractivity contribution >= 4 is 12.0 Å². The van der Waals surface area contributed by atoms with Crippen LogP contribution in [-0.4, -0.2) is 67.1 Å². The lowest BCUT2D eigenvalue weighted by Gasteiger charge is -2.34. The number of hydrogen-bond acceptors (Lipinski definition) is 5. The molecule has 0 unspecified atom stereocenters. The fourth-order valence-corrected chi connectivity index (χ4v) is 4.06. The Hall–Kier alpha value is -2.90. The number of nitrogens with one attached hydrogen (secondary N) is 2. The van der Waals surface area contributed by atoms with E-state index in [1.54, 1.807) is 0 Å². The van der Waals surface area contributed by atoms with Gasteiger partial charge in [0, 0.05) is 39.3 Å². The fraction of sp³-hybridized carbons (Fsp3) is 0.481. The minimum absolute atomic E-state index is 0.0398. The van der Waals surface area contributed by atoms with Crippen LogP contribution in [-0.2, 0) is 22.7 Å². The Morgan fingerprint density at radius 1 is 0.882 bits per heavy atom. The number of carbonyl (C=O) groups is 2. The predicted molar refractivity (Wildman–Crippen MR) is 134 cm³/mol. The van der Waals surface area contributed by atoms with Crippen molar-refractivity contribution in [2.45, 2.75) is 39.5 Å². The zero-order chi connectivity index (χ0) is 24.2. The molecule has 3 rings (SSSR count). The molecule has 1 atom stereocenters. The summed E-state index contributed by atoms with van der Waals surface area (Å²) in [6, 6.07) is 19.5. The monoisotopic (exact) mass is 466 g/mol. The molecule has 0 radical (unpaired) electrons. The van der Waals surface area contributed by atoms with Crippen LogP contribution in [0.15, 0.2) is 60.7 Å². The standard InChI is InChI=1S/C27H38N4O3/c1-22(2)25(29-27(33)34-21-24-12-7-4-8-13-24)26(32)28-14-9-15-30-16-18-31(19-17-30)20-23-10-5-3-6-11-23/h3-8,10-13,22,25H,9,14-21H2,1-2H3,(H,28,32)(H,29,33)/t25-/m0/s1. The summed E-state index contributed by atoms with van der Waals surface area (Å²) in [5.41, 5.74) is 2.26. The summed E-state index contributed by atoms with van der Waals surface area (Å²) in [6.45, 7) is 10.8. The minimum atomic E-state index is -0.621. The highest BCUT2D eigenvalue weighted by molar-refractivity contribution is 5.85. The van der Waals surface area contributed by atoms with Gasteiger partial charge in [-0.05, 0) is 30.0 Å². The largest absolute Gasteiger partial charge is 0.445 e. The molecule has 0 aliphatic carbocycles. The van der Waals surface area contributed by atoms with Gasteiger partial charge < -0.3 is 20.3 Å². The highest BCUT2D eigenvalue weighted by atomic mass is 16.5. The first-order chi connectivity index (χ1) is 16.5. The molecular formula is C27H38N4O3. The average molecular weight is 467 g/mol. The molecule has 2 amide bonds. The van der Waals surface area contributed by atoms with E-state index in [2.05, 4.69) is 50.8 Å².